The van der Waals surface area contributed by atoms with Gasteiger partial charge in [-0.15, -0.1) is 0 Å². The Bertz CT molecular complexity index is 207. The van der Waals surface area contributed by atoms with Gasteiger partial charge in [-0.25, -0.2) is 0 Å². The molecule has 0 aromatic carbocycles. The van der Waals surface area contributed by atoms with Crippen LogP contribution in [-0.2, 0) is 0 Å². The van der Waals surface area contributed by atoms with E-state index in [1.165, 1.54) is 71.1 Å². The van der Waals surface area contributed by atoms with Crippen molar-refractivity contribution in [3.8, 4) is 0 Å². The molecular weight excluding hydrogens is 220 g/mol. The van der Waals surface area contributed by atoms with Gasteiger partial charge in [-0.05, 0) is 57.4 Å². The van der Waals surface area contributed by atoms with Crippen molar-refractivity contribution >= 4 is 0 Å². The molecule has 2 saturated carbocycles. The highest BCUT2D eigenvalue weighted by molar-refractivity contribution is 4.85. The first kappa shape index (κ1) is 14.3. The molecule has 0 aromatic rings. The lowest BCUT2D eigenvalue weighted by molar-refractivity contribution is 0.188. The van der Waals surface area contributed by atoms with Gasteiger partial charge in [-0.2, -0.15) is 0 Å². The van der Waals surface area contributed by atoms with Gasteiger partial charge in [0.25, 0.3) is 0 Å². The Morgan fingerprint density at radius 2 is 1.67 bits per heavy atom. The molecule has 0 spiro atoms. The van der Waals surface area contributed by atoms with E-state index in [9.17, 15) is 0 Å². The van der Waals surface area contributed by atoms with E-state index in [0.717, 1.165) is 17.9 Å². The third-order valence-electron chi connectivity index (χ3n) is 4.40. The molecule has 1 atom stereocenters. The molecule has 2 heteroatoms. The summed E-state index contributed by atoms with van der Waals surface area (Å²) < 4.78 is 0. The first-order valence-electron chi connectivity index (χ1n) is 8.24. The van der Waals surface area contributed by atoms with Crippen LogP contribution in [0.4, 0.5) is 0 Å². The lowest BCUT2D eigenvalue weighted by Gasteiger charge is -2.29. The van der Waals surface area contributed by atoms with Gasteiger partial charge in [0.15, 0.2) is 0 Å². The molecule has 0 aliphatic heterocycles. The van der Waals surface area contributed by atoms with Crippen molar-refractivity contribution in [1.29, 1.82) is 0 Å². The summed E-state index contributed by atoms with van der Waals surface area (Å²) >= 11 is 0. The van der Waals surface area contributed by atoms with Gasteiger partial charge < -0.3 is 5.32 Å². The van der Waals surface area contributed by atoms with Gasteiger partial charge >= 0.3 is 0 Å². The van der Waals surface area contributed by atoms with E-state index in [2.05, 4.69) is 24.1 Å². The van der Waals surface area contributed by atoms with Crippen LogP contribution >= 0.6 is 0 Å². The molecule has 2 rings (SSSR count). The lowest BCUT2D eigenvalue weighted by atomic mass is 10.2. The predicted molar refractivity (Wildman–Crippen MR) is 78.9 cm³/mol. The highest BCUT2D eigenvalue weighted by Crippen LogP contribution is 2.34. The summed E-state index contributed by atoms with van der Waals surface area (Å²) in [7, 11) is 0. The first-order valence-corrected chi connectivity index (χ1v) is 8.24. The molecule has 2 nitrogen and oxygen atoms in total. The van der Waals surface area contributed by atoms with Gasteiger partial charge in [0, 0.05) is 25.7 Å². The Morgan fingerprint density at radius 3 is 2.17 bits per heavy atom. The molecule has 1 unspecified atom stereocenters. The zero-order valence-corrected chi connectivity index (χ0v) is 12.5. The molecule has 2 fully saturated rings. The highest BCUT2D eigenvalue weighted by atomic mass is 15.2. The summed E-state index contributed by atoms with van der Waals surface area (Å²) in [5, 5.41) is 3.65. The van der Waals surface area contributed by atoms with Crippen LogP contribution in [0.2, 0.25) is 0 Å². The maximum Gasteiger partial charge on any atom is 0.0192 e. The van der Waals surface area contributed by atoms with E-state index in [-0.39, 0.29) is 0 Å². The maximum absolute atomic E-state index is 3.65. The zero-order chi connectivity index (χ0) is 12.8. The van der Waals surface area contributed by atoms with Crippen LogP contribution in [0, 0.1) is 11.8 Å². The van der Waals surface area contributed by atoms with Crippen molar-refractivity contribution in [2.75, 3.05) is 26.2 Å². The van der Waals surface area contributed by atoms with Gasteiger partial charge in [0.1, 0.15) is 0 Å². The van der Waals surface area contributed by atoms with E-state index >= 15 is 0 Å². The number of hydrogen-bond donors (Lipinski definition) is 1. The van der Waals surface area contributed by atoms with Crippen molar-refractivity contribution in [1.82, 2.24) is 10.2 Å². The third-order valence-corrected chi connectivity index (χ3v) is 4.40. The molecular formula is C16H32N2. The van der Waals surface area contributed by atoms with Crippen molar-refractivity contribution in [3.05, 3.63) is 0 Å². The summed E-state index contributed by atoms with van der Waals surface area (Å²) in [6.45, 7) is 9.82. The van der Waals surface area contributed by atoms with E-state index in [4.69, 9.17) is 0 Å². The average molecular weight is 252 g/mol. The average Bonchev–Trinajstić information content (AvgIpc) is 3.22. The molecule has 0 radical (unpaired) electrons. The Morgan fingerprint density at radius 1 is 1.06 bits per heavy atom. The topological polar surface area (TPSA) is 15.3 Å². The normalized spacial score (nSPS) is 21.5. The van der Waals surface area contributed by atoms with Crippen LogP contribution in [0.25, 0.3) is 0 Å². The van der Waals surface area contributed by atoms with Gasteiger partial charge in [0.05, 0.1) is 0 Å². The number of rotatable bonds is 11. The summed E-state index contributed by atoms with van der Waals surface area (Å²) in [4.78, 5) is 2.77. The second-order valence-corrected chi connectivity index (χ2v) is 6.60. The molecule has 1 N–H and O–H groups in total. The Labute approximate surface area is 114 Å². The predicted octanol–water partition coefficient (Wildman–Crippen LogP) is 3.28. The van der Waals surface area contributed by atoms with E-state index in [1.54, 1.807) is 0 Å². The van der Waals surface area contributed by atoms with Crippen molar-refractivity contribution in [3.63, 3.8) is 0 Å². The van der Waals surface area contributed by atoms with Gasteiger partial charge in [-0.3, -0.25) is 4.90 Å². The SMILES string of the molecule is CCCCCNCC(C)N(CC1CC1)CC1CC1. The van der Waals surface area contributed by atoms with E-state index in [0.29, 0.717) is 0 Å². The quantitative estimate of drug-likeness (QED) is 0.568. The van der Waals surface area contributed by atoms with E-state index < -0.39 is 0 Å². The number of nitrogens with one attached hydrogen (secondary N) is 1. The first-order chi connectivity index (χ1) is 8.79. The van der Waals surface area contributed by atoms with Crippen LogP contribution < -0.4 is 5.32 Å². The van der Waals surface area contributed by atoms with Gasteiger partial charge in [-0.1, -0.05) is 19.8 Å². The molecule has 0 aromatic heterocycles. The fourth-order valence-corrected chi connectivity index (χ4v) is 2.64. The Hall–Kier alpha value is -0.0800. The van der Waals surface area contributed by atoms with E-state index in [1.807, 2.05) is 0 Å². The van der Waals surface area contributed by atoms with Crippen LogP contribution in [-0.4, -0.2) is 37.1 Å². The minimum atomic E-state index is 0.729. The third kappa shape index (κ3) is 5.71. The second kappa shape index (κ2) is 7.49. The zero-order valence-electron chi connectivity index (χ0n) is 12.5. The van der Waals surface area contributed by atoms with Crippen molar-refractivity contribution in [2.24, 2.45) is 11.8 Å². The minimum absolute atomic E-state index is 0.729. The van der Waals surface area contributed by atoms with Crippen LogP contribution in [0.1, 0.15) is 58.8 Å². The summed E-state index contributed by atoms with van der Waals surface area (Å²) in [5.41, 5.74) is 0. The largest absolute Gasteiger partial charge is 0.315 e. The number of nitrogens with zero attached hydrogens (tertiary/aromatic N) is 1. The van der Waals surface area contributed by atoms with Crippen molar-refractivity contribution < 1.29 is 0 Å². The Kier molecular flexibility index (Phi) is 5.97. The standard InChI is InChI=1S/C16H32N2/c1-3-4-5-10-17-11-14(2)18(12-15-6-7-15)13-16-8-9-16/h14-17H,3-13H2,1-2H3. The fraction of sp³-hybridized carbons (Fsp3) is 1.00. The van der Waals surface area contributed by atoms with Crippen LogP contribution in [0.3, 0.4) is 0 Å². The van der Waals surface area contributed by atoms with Crippen LogP contribution in [0.5, 0.6) is 0 Å². The molecule has 0 saturated heterocycles. The maximum atomic E-state index is 3.65. The molecule has 0 heterocycles. The fourth-order valence-electron chi connectivity index (χ4n) is 2.64. The summed E-state index contributed by atoms with van der Waals surface area (Å²) in [6.07, 6.45) is 9.97. The second-order valence-electron chi connectivity index (χ2n) is 6.60. The molecule has 0 amide bonds. The number of hydrogen-bond acceptors (Lipinski definition) is 2. The molecule has 2 aliphatic carbocycles. The van der Waals surface area contributed by atoms with Crippen LogP contribution in [0.15, 0.2) is 0 Å². The minimum Gasteiger partial charge on any atom is -0.315 e. The Balaban J connectivity index is 1.60. The summed E-state index contributed by atoms with van der Waals surface area (Å²) in [5.74, 6) is 2.07. The number of unbranched alkanes of at least 4 members (excludes halogenated alkanes) is 2. The molecule has 106 valence electrons. The molecule has 18 heavy (non-hydrogen) atoms. The van der Waals surface area contributed by atoms with Crippen molar-refractivity contribution in [2.45, 2.75) is 64.8 Å². The smallest absolute Gasteiger partial charge is 0.0192 e. The van der Waals surface area contributed by atoms with Gasteiger partial charge in [0.2, 0.25) is 0 Å². The highest BCUT2D eigenvalue weighted by Gasteiger charge is 2.30. The lowest BCUT2D eigenvalue weighted by Crippen LogP contribution is -2.42. The summed E-state index contributed by atoms with van der Waals surface area (Å²) in [6, 6.07) is 0.729. The molecule has 2 aliphatic rings. The molecule has 0 bridgehead atoms. The monoisotopic (exact) mass is 252 g/mol.